The average Bonchev–Trinajstić information content (AvgIpc) is 2.84. The van der Waals surface area contributed by atoms with E-state index in [-0.39, 0.29) is 12.0 Å². The Morgan fingerprint density at radius 3 is 1.35 bits per heavy atom. The molecule has 0 unspecified atom stereocenters. The number of rotatable bonds is 9. The Balaban J connectivity index is 1.31. The molecule has 0 aromatic heterocycles. The van der Waals surface area contributed by atoms with Crippen molar-refractivity contribution in [3.05, 3.63) is 130 Å². The second-order valence-corrected chi connectivity index (χ2v) is 8.60. The Morgan fingerprint density at radius 2 is 0.912 bits per heavy atom. The van der Waals surface area contributed by atoms with Gasteiger partial charge in [-0.1, -0.05) is 71.8 Å². The number of hydrogen-bond donors (Lipinski definition) is 0. The number of hydrogen-bond acceptors (Lipinski definition) is 2. The molecule has 0 aliphatic rings. The highest BCUT2D eigenvalue weighted by molar-refractivity contribution is 5.33. The molecule has 0 fully saturated rings. The van der Waals surface area contributed by atoms with Gasteiger partial charge in [0.25, 0.3) is 5.92 Å². The zero-order valence-electron chi connectivity index (χ0n) is 19.4. The van der Waals surface area contributed by atoms with Gasteiger partial charge in [0.2, 0.25) is 0 Å². The zero-order chi connectivity index (χ0) is 24.0. The normalized spacial score (nSPS) is 11.3. The molecule has 0 bridgehead atoms. The van der Waals surface area contributed by atoms with E-state index in [1.165, 1.54) is 23.3 Å². The van der Waals surface area contributed by atoms with Crippen LogP contribution in [0.25, 0.3) is 0 Å². The monoisotopic (exact) mass is 458 g/mol. The van der Waals surface area contributed by atoms with Gasteiger partial charge < -0.3 is 9.47 Å². The molecule has 174 valence electrons. The molecular weight excluding hydrogens is 430 g/mol. The fraction of sp³-hybridized carbons (Fsp3) is 0.200. The number of aryl methyl sites for hydroxylation is 2. The lowest BCUT2D eigenvalue weighted by molar-refractivity contribution is -0.00388. The van der Waals surface area contributed by atoms with Crippen LogP contribution in [0.5, 0.6) is 11.5 Å². The number of benzene rings is 4. The van der Waals surface area contributed by atoms with Gasteiger partial charge in [0.15, 0.2) is 0 Å². The first kappa shape index (κ1) is 23.5. The van der Waals surface area contributed by atoms with Gasteiger partial charge in [0.1, 0.15) is 24.7 Å². The van der Waals surface area contributed by atoms with E-state index in [1.54, 1.807) is 36.4 Å². The average molecular weight is 459 g/mol. The van der Waals surface area contributed by atoms with Crippen LogP contribution in [-0.2, 0) is 25.6 Å². The van der Waals surface area contributed by atoms with Crippen molar-refractivity contribution in [1.82, 2.24) is 0 Å². The summed E-state index contributed by atoms with van der Waals surface area (Å²) in [5.41, 5.74) is 4.99. The molecule has 0 heterocycles. The van der Waals surface area contributed by atoms with E-state index < -0.39 is 5.92 Å². The summed E-state index contributed by atoms with van der Waals surface area (Å²) < 4.78 is 41.3. The van der Waals surface area contributed by atoms with Crippen LogP contribution in [0.1, 0.15) is 33.4 Å². The lowest BCUT2D eigenvalue weighted by Gasteiger charge is -2.18. The Hall–Kier alpha value is -3.66. The van der Waals surface area contributed by atoms with Crippen LogP contribution in [0.3, 0.4) is 0 Å². The maximum Gasteiger partial charge on any atom is 0.277 e. The highest BCUT2D eigenvalue weighted by Gasteiger charge is 2.31. The predicted octanol–water partition coefficient (Wildman–Crippen LogP) is 7.80. The van der Waals surface area contributed by atoms with E-state index in [9.17, 15) is 8.78 Å². The molecule has 4 rings (SSSR count). The first-order valence-corrected chi connectivity index (χ1v) is 11.3. The Morgan fingerprint density at radius 1 is 0.529 bits per heavy atom. The molecular formula is C30H28F2O2. The molecule has 4 heteroatoms. The van der Waals surface area contributed by atoms with E-state index >= 15 is 0 Å². The minimum atomic E-state index is -2.99. The molecule has 0 atom stereocenters. The van der Waals surface area contributed by atoms with Gasteiger partial charge in [-0.05, 0) is 66.9 Å². The molecule has 4 aromatic carbocycles. The molecule has 0 aliphatic carbocycles. The number of ether oxygens (including phenoxy) is 2. The van der Waals surface area contributed by atoms with Gasteiger partial charge in [0.05, 0.1) is 0 Å². The Bertz CT molecular complexity index is 1180. The molecule has 0 saturated heterocycles. The third kappa shape index (κ3) is 6.44. The van der Waals surface area contributed by atoms with Crippen molar-refractivity contribution >= 4 is 0 Å². The second-order valence-electron chi connectivity index (χ2n) is 8.60. The lowest BCUT2D eigenvalue weighted by Crippen LogP contribution is -2.16. The molecule has 0 spiro atoms. The van der Waals surface area contributed by atoms with Gasteiger partial charge in [0, 0.05) is 12.0 Å². The van der Waals surface area contributed by atoms with Gasteiger partial charge in [-0.3, -0.25) is 0 Å². The van der Waals surface area contributed by atoms with Gasteiger partial charge in [-0.25, -0.2) is 8.78 Å². The lowest BCUT2D eigenvalue weighted by atomic mass is 10.0. The van der Waals surface area contributed by atoms with Crippen LogP contribution in [0.4, 0.5) is 8.78 Å². The zero-order valence-corrected chi connectivity index (χ0v) is 19.4. The minimum Gasteiger partial charge on any atom is -0.489 e. The summed E-state index contributed by atoms with van der Waals surface area (Å²) in [6.45, 7) is 4.90. The molecule has 0 amide bonds. The Labute approximate surface area is 199 Å². The molecule has 34 heavy (non-hydrogen) atoms. The fourth-order valence-corrected chi connectivity index (χ4v) is 3.56. The summed E-state index contributed by atoms with van der Waals surface area (Å²) >= 11 is 0. The first-order chi connectivity index (χ1) is 16.4. The van der Waals surface area contributed by atoms with E-state index in [2.05, 4.69) is 0 Å². The van der Waals surface area contributed by atoms with Crippen molar-refractivity contribution in [2.45, 2.75) is 39.4 Å². The summed E-state index contributed by atoms with van der Waals surface area (Å²) in [4.78, 5) is 0. The van der Waals surface area contributed by atoms with Crippen molar-refractivity contribution in [1.29, 1.82) is 0 Å². The van der Waals surface area contributed by atoms with Crippen LogP contribution in [0, 0.1) is 13.8 Å². The molecule has 2 nitrogen and oxygen atoms in total. The van der Waals surface area contributed by atoms with Crippen LogP contribution < -0.4 is 9.47 Å². The van der Waals surface area contributed by atoms with Gasteiger partial charge in [-0.2, -0.15) is 0 Å². The van der Waals surface area contributed by atoms with Gasteiger partial charge >= 0.3 is 0 Å². The highest BCUT2D eigenvalue weighted by Crippen LogP contribution is 2.33. The van der Waals surface area contributed by atoms with E-state index in [1.807, 2.05) is 62.4 Å². The van der Waals surface area contributed by atoms with Crippen molar-refractivity contribution in [2.24, 2.45) is 0 Å². The van der Waals surface area contributed by atoms with E-state index in [0.29, 0.717) is 30.3 Å². The quantitative estimate of drug-likeness (QED) is 0.255. The SMILES string of the molecule is Cc1ccc(COc2ccc(CC(F)(F)c3ccc(OCc4ccc(C)cc4)cc3)cc2)cc1. The van der Waals surface area contributed by atoms with Crippen molar-refractivity contribution < 1.29 is 18.3 Å². The van der Waals surface area contributed by atoms with Crippen molar-refractivity contribution in [3.8, 4) is 11.5 Å². The third-order valence-corrected chi connectivity index (χ3v) is 5.68. The third-order valence-electron chi connectivity index (χ3n) is 5.68. The summed E-state index contributed by atoms with van der Waals surface area (Å²) in [7, 11) is 0. The van der Waals surface area contributed by atoms with Crippen LogP contribution in [-0.4, -0.2) is 0 Å². The summed E-state index contributed by atoms with van der Waals surface area (Å²) in [5, 5.41) is 0. The van der Waals surface area contributed by atoms with Crippen molar-refractivity contribution in [2.75, 3.05) is 0 Å². The fourth-order valence-electron chi connectivity index (χ4n) is 3.56. The summed E-state index contributed by atoms with van der Waals surface area (Å²) in [6.07, 6.45) is -0.380. The van der Waals surface area contributed by atoms with Crippen molar-refractivity contribution in [3.63, 3.8) is 0 Å². The van der Waals surface area contributed by atoms with E-state index in [4.69, 9.17) is 9.47 Å². The summed E-state index contributed by atoms with van der Waals surface area (Å²) in [6, 6.07) is 29.1. The molecule has 0 radical (unpaired) electrons. The van der Waals surface area contributed by atoms with E-state index in [0.717, 1.165) is 11.1 Å². The number of alkyl halides is 2. The maximum atomic E-state index is 14.9. The van der Waals surface area contributed by atoms with Crippen LogP contribution in [0.15, 0.2) is 97.1 Å². The first-order valence-electron chi connectivity index (χ1n) is 11.3. The predicted molar refractivity (Wildman–Crippen MR) is 132 cm³/mol. The Kier molecular flexibility index (Phi) is 7.27. The minimum absolute atomic E-state index is 0.0325. The maximum absolute atomic E-state index is 14.9. The summed E-state index contributed by atoms with van der Waals surface area (Å²) in [5.74, 6) is -1.77. The topological polar surface area (TPSA) is 18.5 Å². The molecule has 4 aromatic rings. The number of halogens is 2. The second kappa shape index (κ2) is 10.5. The molecule has 0 aliphatic heterocycles. The van der Waals surface area contributed by atoms with Gasteiger partial charge in [-0.15, -0.1) is 0 Å². The molecule has 0 N–H and O–H groups in total. The van der Waals surface area contributed by atoms with Crippen LogP contribution in [0.2, 0.25) is 0 Å². The highest BCUT2D eigenvalue weighted by atomic mass is 19.3. The van der Waals surface area contributed by atoms with Crippen LogP contribution >= 0.6 is 0 Å². The smallest absolute Gasteiger partial charge is 0.277 e. The standard InChI is InChI=1S/C30H28F2O2/c1-22-3-7-25(8-4-22)20-33-28-15-11-24(12-16-28)19-30(31,32)27-13-17-29(18-14-27)34-21-26-9-5-23(2)6-10-26/h3-18H,19-21H2,1-2H3. The largest absolute Gasteiger partial charge is 0.489 e. The molecule has 0 saturated carbocycles.